The molecule has 1 amide bonds. The zero-order chi connectivity index (χ0) is 19.8. The highest BCUT2D eigenvalue weighted by Gasteiger charge is 2.40. The van der Waals surface area contributed by atoms with E-state index in [0.717, 1.165) is 5.56 Å². The molecule has 0 spiro atoms. The van der Waals surface area contributed by atoms with Gasteiger partial charge in [-0.15, -0.1) is 0 Å². The lowest BCUT2D eigenvalue weighted by molar-refractivity contribution is -0.135. The highest BCUT2D eigenvalue weighted by atomic mass is 19.1. The summed E-state index contributed by atoms with van der Waals surface area (Å²) >= 11 is 0. The molecule has 2 aliphatic heterocycles. The Labute approximate surface area is 165 Å². The number of pyridine rings is 1. The molecule has 0 aliphatic carbocycles. The van der Waals surface area contributed by atoms with E-state index in [1.54, 1.807) is 40.5 Å². The normalized spacial score (nSPS) is 20.9. The van der Waals surface area contributed by atoms with Gasteiger partial charge in [0.2, 0.25) is 11.7 Å². The second-order valence-electron chi connectivity index (χ2n) is 6.88. The third-order valence-electron chi connectivity index (χ3n) is 5.02. The lowest BCUT2D eigenvalue weighted by Gasteiger charge is -2.30. The van der Waals surface area contributed by atoms with Gasteiger partial charge in [-0.1, -0.05) is 23.4 Å². The van der Waals surface area contributed by atoms with Crippen LogP contribution in [0.5, 0.6) is 0 Å². The summed E-state index contributed by atoms with van der Waals surface area (Å²) in [5.74, 6) is 0.367. The number of carbonyl (C=O) groups is 1. The van der Waals surface area contributed by atoms with Gasteiger partial charge in [0.05, 0.1) is 6.04 Å². The zero-order valence-corrected chi connectivity index (χ0v) is 15.3. The summed E-state index contributed by atoms with van der Waals surface area (Å²) in [6, 6.07) is 11.3. The summed E-state index contributed by atoms with van der Waals surface area (Å²) in [5, 5.41) is 5.73. The molecule has 8 nitrogen and oxygen atoms in total. The van der Waals surface area contributed by atoms with E-state index in [2.05, 4.69) is 20.6 Å². The Morgan fingerprint density at radius 2 is 2.03 bits per heavy atom. The number of rotatable bonds is 4. The van der Waals surface area contributed by atoms with Gasteiger partial charge < -0.3 is 14.4 Å². The van der Waals surface area contributed by atoms with Crippen molar-refractivity contribution in [2.75, 3.05) is 0 Å². The highest BCUT2D eigenvalue weighted by molar-refractivity contribution is 5.84. The van der Waals surface area contributed by atoms with Crippen molar-refractivity contribution in [2.45, 2.75) is 25.0 Å². The number of aromatic nitrogens is 3. The van der Waals surface area contributed by atoms with Crippen LogP contribution in [0.2, 0.25) is 0 Å². The average Bonchev–Trinajstić information content (AvgIpc) is 3.39. The number of nitrogens with zero attached hydrogens (tertiary/aromatic N) is 5. The Hall–Kier alpha value is -3.59. The van der Waals surface area contributed by atoms with Crippen LogP contribution < -0.4 is 5.43 Å². The molecule has 0 radical (unpaired) electrons. The van der Waals surface area contributed by atoms with Gasteiger partial charge in [0, 0.05) is 18.6 Å². The molecule has 2 atom stereocenters. The fourth-order valence-corrected chi connectivity index (χ4v) is 3.54. The Kier molecular flexibility index (Phi) is 4.28. The van der Waals surface area contributed by atoms with E-state index in [9.17, 15) is 9.18 Å². The van der Waals surface area contributed by atoms with Gasteiger partial charge in [0.15, 0.2) is 0 Å². The molecule has 0 saturated carbocycles. The van der Waals surface area contributed by atoms with Gasteiger partial charge in [0.1, 0.15) is 24.1 Å². The van der Waals surface area contributed by atoms with Crippen molar-refractivity contribution < 1.29 is 13.7 Å². The number of hydrogen-bond donors (Lipinski definition) is 1. The van der Waals surface area contributed by atoms with Crippen molar-refractivity contribution in [3.05, 3.63) is 78.3 Å². The highest BCUT2D eigenvalue weighted by Crippen LogP contribution is 2.31. The molecule has 9 heteroatoms. The van der Waals surface area contributed by atoms with Crippen molar-refractivity contribution in [1.29, 1.82) is 0 Å². The van der Waals surface area contributed by atoms with Crippen molar-refractivity contribution >= 4 is 5.91 Å². The van der Waals surface area contributed by atoms with Gasteiger partial charge in [-0.25, -0.2) is 9.82 Å². The van der Waals surface area contributed by atoms with Crippen LogP contribution in [0.3, 0.4) is 0 Å². The molecular weight excluding hydrogens is 375 g/mol. The van der Waals surface area contributed by atoms with Gasteiger partial charge in [-0.3, -0.25) is 9.78 Å². The van der Waals surface area contributed by atoms with E-state index in [1.807, 2.05) is 18.3 Å². The maximum absolute atomic E-state index is 13.2. The standard InChI is InChI=1S/C20H17FN6O2/c21-14-6-4-13(5-7-14)16-11-17-20(28)26(9-10-27(17)24-16)12-18-23-19(25-29-18)15-3-1-2-8-22-15/h1-10,16-17,24H,11-12H2. The second-order valence-corrected chi connectivity index (χ2v) is 6.88. The molecule has 4 heterocycles. The molecule has 1 fully saturated rings. The third-order valence-corrected chi connectivity index (χ3v) is 5.02. The minimum atomic E-state index is -0.353. The number of carbonyl (C=O) groups excluding carboxylic acids is 1. The van der Waals surface area contributed by atoms with Crippen LogP contribution in [0.4, 0.5) is 4.39 Å². The first-order chi connectivity index (χ1) is 14.2. The molecule has 5 rings (SSSR count). The van der Waals surface area contributed by atoms with Gasteiger partial charge >= 0.3 is 0 Å². The van der Waals surface area contributed by atoms with Crippen molar-refractivity contribution in [1.82, 2.24) is 30.5 Å². The lowest BCUT2D eigenvalue weighted by atomic mass is 10.0. The molecule has 1 aromatic carbocycles. The van der Waals surface area contributed by atoms with Gasteiger partial charge in [-0.2, -0.15) is 4.98 Å². The summed E-state index contributed by atoms with van der Waals surface area (Å²) in [6.07, 6.45) is 5.73. The topological polar surface area (TPSA) is 87.4 Å². The Morgan fingerprint density at radius 3 is 2.83 bits per heavy atom. The first kappa shape index (κ1) is 17.5. The van der Waals surface area contributed by atoms with E-state index in [1.165, 1.54) is 12.1 Å². The summed E-state index contributed by atoms with van der Waals surface area (Å²) in [4.78, 5) is 23.0. The molecular formula is C20H17FN6O2. The van der Waals surface area contributed by atoms with Crippen molar-refractivity contribution in [2.24, 2.45) is 0 Å². The van der Waals surface area contributed by atoms with E-state index >= 15 is 0 Å². The maximum Gasteiger partial charge on any atom is 0.251 e. The van der Waals surface area contributed by atoms with Crippen LogP contribution in [-0.2, 0) is 11.3 Å². The summed E-state index contributed by atoms with van der Waals surface area (Å²) in [5.41, 5.74) is 4.83. The van der Waals surface area contributed by atoms with Gasteiger partial charge in [0.25, 0.3) is 5.91 Å². The van der Waals surface area contributed by atoms with Crippen molar-refractivity contribution in [3.8, 4) is 11.5 Å². The third kappa shape index (κ3) is 3.36. The van der Waals surface area contributed by atoms with Crippen LogP contribution >= 0.6 is 0 Å². The molecule has 3 aromatic rings. The molecule has 1 saturated heterocycles. The van der Waals surface area contributed by atoms with Crippen LogP contribution in [0.1, 0.15) is 23.9 Å². The van der Waals surface area contributed by atoms with E-state index < -0.39 is 0 Å². The first-order valence-electron chi connectivity index (χ1n) is 9.20. The number of amides is 1. The Morgan fingerprint density at radius 1 is 1.17 bits per heavy atom. The number of hydrazine groups is 1. The fourth-order valence-electron chi connectivity index (χ4n) is 3.54. The van der Waals surface area contributed by atoms with Crippen LogP contribution in [-0.4, -0.2) is 37.0 Å². The van der Waals surface area contributed by atoms with Crippen LogP contribution in [0.15, 0.2) is 65.6 Å². The van der Waals surface area contributed by atoms with E-state index in [-0.39, 0.29) is 30.4 Å². The summed E-state index contributed by atoms with van der Waals surface area (Å²) in [6.45, 7) is 0.181. The van der Waals surface area contributed by atoms with Crippen LogP contribution in [0, 0.1) is 5.82 Å². The summed E-state index contributed by atoms with van der Waals surface area (Å²) in [7, 11) is 0. The lowest BCUT2D eigenvalue weighted by Crippen LogP contribution is -2.47. The van der Waals surface area contributed by atoms with Crippen LogP contribution in [0.25, 0.3) is 11.5 Å². The molecule has 29 heavy (non-hydrogen) atoms. The number of halogens is 1. The molecule has 146 valence electrons. The monoisotopic (exact) mass is 392 g/mol. The SMILES string of the molecule is O=C1C2CC(c3ccc(F)cc3)NN2C=CN1Cc1nc(-c2ccccn2)no1. The minimum Gasteiger partial charge on any atom is -0.337 e. The zero-order valence-electron chi connectivity index (χ0n) is 15.3. The largest absolute Gasteiger partial charge is 0.337 e. The van der Waals surface area contributed by atoms with E-state index in [4.69, 9.17) is 4.52 Å². The molecule has 0 bridgehead atoms. The van der Waals surface area contributed by atoms with E-state index in [0.29, 0.717) is 23.8 Å². The smallest absolute Gasteiger partial charge is 0.251 e. The summed E-state index contributed by atoms with van der Waals surface area (Å²) < 4.78 is 18.5. The minimum absolute atomic E-state index is 0.0617. The first-order valence-corrected chi connectivity index (χ1v) is 9.20. The molecule has 1 N–H and O–H groups in total. The van der Waals surface area contributed by atoms with Gasteiger partial charge in [-0.05, 0) is 36.2 Å². The number of nitrogens with one attached hydrogen (secondary N) is 1. The molecule has 2 aromatic heterocycles. The quantitative estimate of drug-likeness (QED) is 0.729. The average molecular weight is 392 g/mol. The molecule has 2 aliphatic rings. The number of benzene rings is 1. The number of fused-ring (bicyclic) bond motifs is 1. The predicted molar refractivity (Wildman–Crippen MR) is 99.7 cm³/mol. The Bertz CT molecular complexity index is 1050. The maximum atomic E-state index is 13.2. The number of hydrogen-bond acceptors (Lipinski definition) is 7. The second kappa shape index (κ2) is 7.10. The van der Waals surface area contributed by atoms with Crippen molar-refractivity contribution in [3.63, 3.8) is 0 Å². The molecule has 2 unspecified atom stereocenters. The predicted octanol–water partition coefficient (Wildman–Crippen LogP) is 2.40. The Balaban J connectivity index is 1.28. The fraction of sp³-hybridized carbons (Fsp3) is 0.200.